The summed E-state index contributed by atoms with van der Waals surface area (Å²) in [6.07, 6.45) is 0.649. The van der Waals surface area contributed by atoms with Crippen molar-refractivity contribution in [2.75, 3.05) is 13.1 Å². The molecule has 1 amide bonds. The minimum atomic E-state index is -0.0829. The van der Waals surface area contributed by atoms with Gasteiger partial charge in [0.05, 0.1) is 25.0 Å². The van der Waals surface area contributed by atoms with E-state index in [4.69, 9.17) is 10.5 Å². The molecule has 0 bridgehead atoms. The molecule has 0 saturated heterocycles. The maximum atomic E-state index is 10.9. The second-order valence-electron chi connectivity index (χ2n) is 2.32. The van der Waals surface area contributed by atoms with Gasteiger partial charge in [0.2, 0.25) is 5.91 Å². The van der Waals surface area contributed by atoms with Crippen LogP contribution in [0.4, 0.5) is 0 Å². The number of amides is 1. The van der Waals surface area contributed by atoms with Gasteiger partial charge in [-0.2, -0.15) is 10.5 Å². The molecule has 4 heteroatoms. The van der Waals surface area contributed by atoms with Crippen molar-refractivity contribution >= 4 is 5.91 Å². The molecular formula is C8H11N3O. The maximum Gasteiger partial charge on any atom is 0.219 e. The van der Waals surface area contributed by atoms with Gasteiger partial charge >= 0.3 is 0 Å². The summed E-state index contributed by atoms with van der Waals surface area (Å²) in [6.45, 7) is 2.29. The molecule has 0 aromatic heterocycles. The summed E-state index contributed by atoms with van der Waals surface area (Å²) >= 11 is 0. The van der Waals surface area contributed by atoms with Crippen molar-refractivity contribution in [3.8, 4) is 12.1 Å². The molecule has 0 rings (SSSR count). The van der Waals surface area contributed by atoms with Crippen LogP contribution < -0.4 is 0 Å². The number of hydrogen-bond acceptors (Lipinski definition) is 3. The zero-order valence-electron chi connectivity index (χ0n) is 7.08. The Balaban J connectivity index is 3.82. The lowest BCUT2D eigenvalue weighted by molar-refractivity contribution is -0.128. The fourth-order valence-corrected chi connectivity index (χ4v) is 0.797. The van der Waals surface area contributed by atoms with E-state index in [2.05, 4.69) is 0 Å². The van der Waals surface area contributed by atoms with Crippen LogP contribution in [0.15, 0.2) is 0 Å². The fraction of sp³-hybridized carbons (Fsp3) is 0.625. The number of carbonyl (C=O) groups is 1. The first-order valence-corrected chi connectivity index (χ1v) is 3.71. The predicted octanol–water partition coefficient (Wildman–Crippen LogP) is 0.662. The molecule has 0 radical (unpaired) electrons. The number of carbonyl (C=O) groups excluding carboxylic acids is 1. The van der Waals surface area contributed by atoms with Crippen LogP contribution in [0, 0.1) is 22.7 Å². The molecule has 0 aromatic carbocycles. The van der Waals surface area contributed by atoms with Gasteiger partial charge in [0, 0.05) is 20.0 Å². The molecule has 0 saturated carbocycles. The van der Waals surface area contributed by atoms with Gasteiger partial charge in [0.15, 0.2) is 0 Å². The number of hydrogen-bond donors (Lipinski definition) is 0. The van der Waals surface area contributed by atoms with Gasteiger partial charge in [0.1, 0.15) is 0 Å². The number of rotatable bonds is 4. The Morgan fingerprint density at radius 3 is 1.92 bits per heavy atom. The lowest BCUT2D eigenvalue weighted by atomic mass is 10.3. The van der Waals surface area contributed by atoms with Crippen LogP contribution in [0.3, 0.4) is 0 Å². The minimum Gasteiger partial charge on any atom is -0.341 e. The van der Waals surface area contributed by atoms with E-state index in [0.717, 1.165) is 0 Å². The van der Waals surface area contributed by atoms with E-state index in [1.54, 1.807) is 0 Å². The van der Waals surface area contributed by atoms with Crippen LogP contribution in [-0.4, -0.2) is 23.9 Å². The molecule has 0 heterocycles. The highest BCUT2D eigenvalue weighted by atomic mass is 16.2. The van der Waals surface area contributed by atoms with E-state index >= 15 is 0 Å². The Morgan fingerprint density at radius 2 is 1.67 bits per heavy atom. The SMILES string of the molecule is CC(=O)N(CCC#N)CCC#N. The van der Waals surface area contributed by atoms with E-state index in [9.17, 15) is 4.79 Å². The largest absolute Gasteiger partial charge is 0.341 e. The summed E-state index contributed by atoms with van der Waals surface area (Å²) in [5, 5.41) is 16.5. The van der Waals surface area contributed by atoms with Crippen molar-refractivity contribution in [1.82, 2.24) is 4.90 Å². The van der Waals surface area contributed by atoms with Gasteiger partial charge in [-0.1, -0.05) is 0 Å². The quantitative estimate of drug-likeness (QED) is 0.614. The second-order valence-corrected chi connectivity index (χ2v) is 2.32. The minimum absolute atomic E-state index is 0.0829. The predicted molar refractivity (Wildman–Crippen MR) is 42.7 cm³/mol. The zero-order valence-corrected chi connectivity index (χ0v) is 7.08. The molecule has 64 valence electrons. The molecule has 0 atom stereocenters. The monoisotopic (exact) mass is 165 g/mol. The Labute approximate surface area is 72.0 Å². The second kappa shape index (κ2) is 6.18. The Morgan fingerprint density at radius 1 is 1.25 bits per heavy atom. The van der Waals surface area contributed by atoms with E-state index in [0.29, 0.717) is 25.9 Å². The molecular weight excluding hydrogens is 154 g/mol. The standard InChI is InChI=1S/C8H11N3O/c1-8(12)11(6-2-4-9)7-3-5-10/h2-3,6-7H2,1H3. The van der Waals surface area contributed by atoms with Crippen LogP contribution >= 0.6 is 0 Å². The highest BCUT2D eigenvalue weighted by molar-refractivity contribution is 5.73. The van der Waals surface area contributed by atoms with Crippen LogP contribution in [0.25, 0.3) is 0 Å². The van der Waals surface area contributed by atoms with Crippen molar-refractivity contribution < 1.29 is 4.79 Å². The topological polar surface area (TPSA) is 67.9 Å². The van der Waals surface area contributed by atoms with Crippen molar-refractivity contribution in [3.63, 3.8) is 0 Å². The molecule has 0 unspecified atom stereocenters. The third-order valence-corrected chi connectivity index (χ3v) is 1.43. The van der Waals surface area contributed by atoms with Crippen LogP contribution in [0.5, 0.6) is 0 Å². The smallest absolute Gasteiger partial charge is 0.219 e. The van der Waals surface area contributed by atoms with Crippen molar-refractivity contribution in [1.29, 1.82) is 10.5 Å². The van der Waals surface area contributed by atoms with E-state index in [1.807, 2.05) is 12.1 Å². The zero-order chi connectivity index (χ0) is 9.40. The average molecular weight is 165 g/mol. The Hall–Kier alpha value is -1.55. The molecule has 4 nitrogen and oxygen atoms in total. The third kappa shape index (κ3) is 4.29. The first kappa shape index (κ1) is 10.4. The highest BCUT2D eigenvalue weighted by Gasteiger charge is 2.06. The van der Waals surface area contributed by atoms with Gasteiger partial charge in [-0.3, -0.25) is 4.79 Å². The van der Waals surface area contributed by atoms with Crippen LogP contribution in [-0.2, 0) is 4.79 Å². The molecule has 12 heavy (non-hydrogen) atoms. The molecule has 0 fully saturated rings. The Kier molecular flexibility index (Phi) is 5.38. The lowest BCUT2D eigenvalue weighted by Gasteiger charge is -2.17. The summed E-state index contributed by atoms with van der Waals surface area (Å²) in [7, 11) is 0. The average Bonchev–Trinajstić information content (AvgIpc) is 2.04. The molecule has 0 aliphatic rings. The summed E-state index contributed by atoms with van der Waals surface area (Å²) in [5.74, 6) is -0.0829. The van der Waals surface area contributed by atoms with Gasteiger partial charge < -0.3 is 4.90 Å². The van der Waals surface area contributed by atoms with E-state index < -0.39 is 0 Å². The van der Waals surface area contributed by atoms with Crippen LogP contribution in [0.1, 0.15) is 19.8 Å². The number of nitriles is 2. The summed E-state index contributed by atoms with van der Waals surface area (Å²) in [5.41, 5.74) is 0. The van der Waals surface area contributed by atoms with Crippen molar-refractivity contribution in [2.24, 2.45) is 0 Å². The van der Waals surface area contributed by atoms with E-state index in [-0.39, 0.29) is 5.91 Å². The first-order valence-electron chi connectivity index (χ1n) is 3.71. The molecule has 0 aliphatic heterocycles. The number of nitrogens with zero attached hydrogens (tertiary/aromatic N) is 3. The normalized spacial score (nSPS) is 8.25. The van der Waals surface area contributed by atoms with Crippen molar-refractivity contribution in [2.45, 2.75) is 19.8 Å². The summed E-state index contributed by atoms with van der Waals surface area (Å²) in [6, 6.07) is 3.91. The van der Waals surface area contributed by atoms with Gasteiger partial charge in [-0.15, -0.1) is 0 Å². The first-order chi connectivity index (χ1) is 5.72. The van der Waals surface area contributed by atoms with Gasteiger partial charge in [-0.05, 0) is 0 Å². The molecule has 0 aliphatic carbocycles. The van der Waals surface area contributed by atoms with Gasteiger partial charge in [-0.25, -0.2) is 0 Å². The van der Waals surface area contributed by atoms with Gasteiger partial charge in [0.25, 0.3) is 0 Å². The third-order valence-electron chi connectivity index (χ3n) is 1.43. The van der Waals surface area contributed by atoms with Crippen molar-refractivity contribution in [3.05, 3.63) is 0 Å². The molecule has 0 aromatic rings. The summed E-state index contributed by atoms with van der Waals surface area (Å²) < 4.78 is 0. The molecule has 0 spiro atoms. The molecule has 0 N–H and O–H groups in total. The van der Waals surface area contributed by atoms with Crippen LogP contribution in [0.2, 0.25) is 0 Å². The van der Waals surface area contributed by atoms with E-state index in [1.165, 1.54) is 11.8 Å². The summed E-state index contributed by atoms with van der Waals surface area (Å²) in [4.78, 5) is 12.4. The lowest BCUT2D eigenvalue weighted by Crippen LogP contribution is -2.30. The maximum absolute atomic E-state index is 10.9. The fourth-order valence-electron chi connectivity index (χ4n) is 0.797. The highest BCUT2D eigenvalue weighted by Crippen LogP contribution is 1.93. The Bertz CT molecular complexity index is 205.